The van der Waals surface area contributed by atoms with E-state index in [2.05, 4.69) is 36.4 Å². The molecule has 2 aromatic rings. The van der Waals surface area contributed by atoms with Gasteiger partial charge in [-0.25, -0.2) is 4.79 Å². The number of aryl methyl sites for hydroxylation is 1. The molecule has 1 aliphatic rings. The molecule has 1 aromatic carbocycles. The molecule has 0 bridgehead atoms. The summed E-state index contributed by atoms with van der Waals surface area (Å²) < 4.78 is 3.99. The summed E-state index contributed by atoms with van der Waals surface area (Å²) in [7, 11) is 4.14. The van der Waals surface area contributed by atoms with Crippen LogP contribution >= 0.6 is 0 Å². The SMILES string of the molecule is CN(C)CCCn1c(=O)n(C2CCNCC2)c2ccccc21. The van der Waals surface area contributed by atoms with Crippen molar-refractivity contribution >= 4 is 11.0 Å². The van der Waals surface area contributed by atoms with E-state index in [1.54, 1.807) is 0 Å². The smallest absolute Gasteiger partial charge is 0.317 e. The number of aromatic nitrogens is 2. The van der Waals surface area contributed by atoms with Crippen LogP contribution in [0.25, 0.3) is 11.0 Å². The Morgan fingerprint density at radius 2 is 1.86 bits per heavy atom. The van der Waals surface area contributed by atoms with Crippen LogP contribution in [0.5, 0.6) is 0 Å². The van der Waals surface area contributed by atoms with Crippen molar-refractivity contribution in [3.8, 4) is 0 Å². The molecule has 0 aliphatic carbocycles. The Hall–Kier alpha value is -1.59. The lowest BCUT2D eigenvalue weighted by Gasteiger charge is -2.23. The first kappa shape index (κ1) is 15.3. The van der Waals surface area contributed by atoms with Crippen LogP contribution in [0.15, 0.2) is 29.1 Å². The van der Waals surface area contributed by atoms with E-state index in [1.807, 2.05) is 21.3 Å². The van der Waals surface area contributed by atoms with Crippen LogP contribution in [0.1, 0.15) is 25.3 Å². The van der Waals surface area contributed by atoms with Crippen LogP contribution in [0.2, 0.25) is 0 Å². The molecule has 1 fully saturated rings. The number of rotatable bonds is 5. The van der Waals surface area contributed by atoms with E-state index >= 15 is 0 Å². The fourth-order valence-corrected chi connectivity index (χ4v) is 3.41. The van der Waals surface area contributed by atoms with Crippen LogP contribution in [0.3, 0.4) is 0 Å². The zero-order valence-corrected chi connectivity index (χ0v) is 13.6. The number of hydrogen-bond donors (Lipinski definition) is 1. The Kier molecular flexibility index (Phi) is 4.64. The number of nitrogens with zero attached hydrogens (tertiary/aromatic N) is 3. The summed E-state index contributed by atoms with van der Waals surface area (Å²) in [6.45, 7) is 3.78. The minimum Gasteiger partial charge on any atom is -0.317 e. The number of piperidine rings is 1. The molecule has 1 aliphatic heterocycles. The van der Waals surface area contributed by atoms with E-state index in [0.717, 1.165) is 56.5 Å². The van der Waals surface area contributed by atoms with Gasteiger partial charge in [-0.15, -0.1) is 0 Å². The average Bonchev–Trinajstić information content (AvgIpc) is 2.80. The highest BCUT2D eigenvalue weighted by Crippen LogP contribution is 2.23. The minimum absolute atomic E-state index is 0.159. The number of nitrogens with one attached hydrogen (secondary N) is 1. The quantitative estimate of drug-likeness (QED) is 0.914. The van der Waals surface area contributed by atoms with Gasteiger partial charge in [0.05, 0.1) is 11.0 Å². The molecule has 0 unspecified atom stereocenters. The van der Waals surface area contributed by atoms with Crippen LogP contribution < -0.4 is 11.0 Å². The number of para-hydroxylation sites is 2. The van der Waals surface area contributed by atoms with Crippen LogP contribution in [0, 0.1) is 0 Å². The topological polar surface area (TPSA) is 42.2 Å². The van der Waals surface area contributed by atoms with Gasteiger partial charge in [0.15, 0.2) is 0 Å². The Bertz CT molecular complexity index is 680. The fourth-order valence-electron chi connectivity index (χ4n) is 3.41. The van der Waals surface area contributed by atoms with Gasteiger partial charge < -0.3 is 10.2 Å². The van der Waals surface area contributed by atoms with Gasteiger partial charge in [-0.05, 0) is 65.1 Å². The largest absolute Gasteiger partial charge is 0.329 e. The maximum absolute atomic E-state index is 13.0. The van der Waals surface area contributed by atoms with Gasteiger partial charge in [-0.1, -0.05) is 12.1 Å². The lowest BCUT2D eigenvalue weighted by atomic mass is 10.1. The molecule has 0 spiro atoms. The molecule has 1 aromatic heterocycles. The number of fused-ring (bicyclic) bond motifs is 1. The van der Waals surface area contributed by atoms with Crippen molar-refractivity contribution in [1.82, 2.24) is 19.4 Å². The van der Waals surface area contributed by atoms with Crippen molar-refractivity contribution in [1.29, 1.82) is 0 Å². The Balaban J connectivity index is 1.97. The molecule has 22 heavy (non-hydrogen) atoms. The van der Waals surface area contributed by atoms with Crippen LogP contribution in [-0.2, 0) is 6.54 Å². The number of benzene rings is 1. The Morgan fingerprint density at radius 1 is 1.18 bits per heavy atom. The normalized spacial score (nSPS) is 16.7. The Labute approximate surface area is 131 Å². The third-order valence-electron chi connectivity index (χ3n) is 4.53. The van der Waals surface area contributed by atoms with Crippen LogP contribution in [0.4, 0.5) is 0 Å². The van der Waals surface area contributed by atoms with Crippen molar-refractivity contribution in [2.75, 3.05) is 33.7 Å². The molecule has 0 atom stereocenters. The summed E-state index contributed by atoms with van der Waals surface area (Å²) in [6.07, 6.45) is 3.06. The Morgan fingerprint density at radius 3 is 2.55 bits per heavy atom. The second kappa shape index (κ2) is 6.67. The van der Waals surface area contributed by atoms with Gasteiger partial charge >= 0.3 is 5.69 Å². The highest BCUT2D eigenvalue weighted by Gasteiger charge is 2.21. The van der Waals surface area contributed by atoms with Crippen molar-refractivity contribution in [2.24, 2.45) is 0 Å². The maximum Gasteiger partial charge on any atom is 0.329 e. The standard InChI is InChI=1S/C17H26N4O/c1-19(2)12-5-13-20-15-6-3-4-7-16(15)21(17(20)22)14-8-10-18-11-9-14/h3-4,6-7,14,18H,5,8-13H2,1-2H3. The molecule has 0 saturated carbocycles. The molecule has 1 saturated heterocycles. The second-order valence-electron chi connectivity index (χ2n) is 6.43. The number of imidazole rings is 1. The van der Waals surface area contributed by atoms with Gasteiger partial charge in [0.25, 0.3) is 0 Å². The molecule has 5 heteroatoms. The molecule has 3 rings (SSSR count). The van der Waals surface area contributed by atoms with E-state index < -0.39 is 0 Å². The zero-order chi connectivity index (χ0) is 15.5. The summed E-state index contributed by atoms with van der Waals surface area (Å²) >= 11 is 0. The second-order valence-corrected chi connectivity index (χ2v) is 6.43. The summed E-state index contributed by atoms with van der Waals surface area (Å²) in [6, 6.07) is 8.54. The lowest BCUT2D eigenvalue weighted by Crippen LogP contribution is -2.35. The summed E-state index contributed by atoms with van der Waals surface area (Å²) in [5, 5.41) is 3.38. The van der Waals surface area contributed by atoms with Gasteiger partial charge in [0.2, 0.25) is 0 Å². The summed E-state index contributed by atoms with van der Waals surface area (Å²) in [5.74, 6) is 0. The molecule has 0 radical (unpaired) electrons. The molecule has 0 amide bonds. The summed E-state index contributed by atoms with van der Waals surface area (Å²) in [5.41, 5.74) is 2.32. The van der Waals surface area contributed by atoms with Gasteiger partial charge in [-0.3, -0.25) is 9.13 Å². The van der Waals surface area contributed by atoms with Gasteiger partial charge in [-0.2, -0.15) is 0 Å². The molecular formula is C17H26N4O. The predicted octanol–water partition coefficient (Wildman–Crippen LogP) is 1.68. The first-order valence-electron chi connectivity index (χ1n) is 8.23. The van der Waals surface area contributed by atoms with Crippen molar-refractivity contribution < 1.29 is 0 Å². The fraction of sp³-hybridized carbons (Fsp3) is 0.588. The van der Waals surface area contributed by atoms with E-state index in [4.69, 9.17) is 0 Å². The van der Waals surface area contributed by atoms with Gasteiger partial charge in [0, 0.05) is 12.6 Å². The zero-order valence-electron chi connectivity index (χ0n) is 13.6. The molecular weight excluding hydrogens is 276 g/mol. The van der Waals surface area contributed by atoms with Crippen molar-refractivity contribution in [3.63, 3.8) is 0 Å². The van der Waals surface area contributed by atoms with E-state index in [9.17, 15) is 4.79 Å². The van der Waals surface area contributed by atoms with Crippen molar-refractivity contribution in [3.05, 3.63) is 34.7 Å². The molecule has 5 nitrogen and oxygen atoms in total. The van der Waals surface area contributed by atoms with E-state index in [-0.39, 0.29) is 5.69 Å². The van der Waals surface area contributed by atoms with Crippen LogP contribution in [-0.4, -0.2) is 47.8 Å². The first-order chi connectivity index (χ1) is 10.7. The first-order valence-corrected chi connectivity index (χ1v) is 8.23. The summed E-state index contributed by atoms with van der Waals surface area (Å²) in [4.78, 5) is 15.1. The maximum atomic E-state index is 13.0. The third-order valence-corrected chi connectivity index (χ3v) is 4.53. The van der Waals surface area contributed by atoms with Gasteiger partial charge in [0.1, 0.15) is 0 Å². The highest BCUT2D eigenvalue weighted by atomic mass is 16.1. The third kappa shape index (κ3) is 2.96. The molecule has 2 heterocycles. The molecule has 1 N–H and O–H groups in total. The predicted molar refractivity (Wildman–Crippen MR) is 90.5 cm³/mol. The number of hydrogen-bond acceptors (Lipinski definition) is 3. The van der Waals surface area contributed by atoms with E-state index in [1.165, 1.54) is 0 Å². The van der Waals surface area contributed by atoms with Crippen molar-refractivity contribution in [2.45, 2.75) is 31.8 Å². The highest BCUT2D eigenvalue weighted by molar-refractivity contribution is 5.76. The minimum atomic E-state index is 0.159. The monoisotopic (exact) mass is 302 g/mol. The molecule has 120 valence electrons. The van der Waals surface area contributed by atoms with E-state index in [0.29, 0.717) is 6.04 Å². The average molecular weight is 302 g/mol. The lowest BCUT2D eigenvalue weighted by molar-refractivity contribution is 0.359.